The molecule has 0 saturated heterocycles. The lowest BCUT2D eigenvalue weighted by Gasteiger charge is -2.26. The predicted octanol–water partition coefficient (Wildman–Crippen LogP) is -2.44. The summed E-state index contributed by atoms with van der Waals surface area (Å²) in [6.45, 7) is 3.98. The first-order valence-corrected chi connectivity index (χ1v) is 12.2. The minimum Gasteiger partial charge on any atom is -0.481 e. The molecule has 0 aromatic carbocycles. The summed E-state index contributed by atoms with van der Waals surface area (Å²) in [4.78, 5) is 64.8. The minimum absolute atomic E-state index is 0.0515. The van der Waals surface area contributed by atoms with Crippen LogP contribution >= 0.6 is 0 Å². The summed E-state index contributed by atoms with van der Waals surface area (Å²) in [6, 6.07) is -4.84. The maximum absolute atomic E-state index is 13.1. The molecule has 0 aliphatic carbocycles. The molecule has 0 saturated carbocycles. The van der Waals surface area contributed by atoms with Crippen molar-refractivity contribution in [3.63, 3.8) is 0 Å². The van der Waals surface area contributed by atoms with E-state index in [4.69, 9.17) is 28.0 Å². The van der Waals surface area contributed by atoms with Gasteiger partial charge < -0.3 is 49.1 Å². The highest BCUT2D eigenvalue weighted by Crippen LogP contribution is 2.10. The van der Waals surface area contributed by atoms with E-state index < -0.39 is 60.2 Å². The van der Waals surface area contributed by atoms with Crippen molar-refractivity contribution in [2.24, 2.45) is 33.8 Å². The van der Waals surface area contributed by atoms with Gasteiger partial charge in [-0.1, -0.05) is 20.3 Å². The maximum Gasteiger partial charge on any atom is 0.326 e. The Bertz CT molecular complexity index is 804. The van der Waals surface area contributed by atoms with E-state index in [1.807, 2.05) is 0 Å². The highest BCUT2D eigenvalue weighted by molar-refractivity contribution is 5.94. The second kappa shape index (κ2) is 17.9. The van der Waals surface area contributed by atoms with Crippen LogP contribution < -0.4 is 38.9 Å². The van der Waals surface area contributed by atoms with Crippen LogP contribution in [0, 0.1) is 5.92 Å². The second-order valence-electron chi connectivity index (χ2n) is 8.77. The molecule has 0 fully saturated rings. The van der Waals surface area contributed by atoms with Crippen molar-refractivity contribution in [3.8, 4) is 0 Å². The number of nitrogens with two attached hydrogens (primary N) is 4. The van der Waals surface area contributed by atoms with Crippen molar-refractivity contribution in [3.05, 3.63) is 0 Å². The van der Waals surface area contributed by atoms with Crippen molar-refractivity contribution in [2.75, 3.05) is 13.1 Å². The fourth-order valence-electron chi connectivity index (χ4n) is 3.30. The molecule has 13 N–H and O–H groups in total. The number of amides is 3. The van der Waals surface area contributed by atoms with Gasteiger partial charge in [0.1, 0.15) is 18.1 Å². The third-order valence-corrected chi connectivity index (χ3v) is 5.67. The first-order chi connectivity index (χ1) is 17.3. The number of hydrogen-bond acceptors (Lipinski definition) is 8. The average Bonchev–Trinajstić information content (AvgIpc) is 2.82. The van der Waals surface area contributed by atoms with Gasteiger partial charge >= 0.3 is 11.9 Å². The number of aliphatic imine (C=N–C) groups is 1. The van der Waals surface area contributed by atoms with E-state index in [9.17, 15) is 29.1 Å². The molecule has 15 heteroatoms. The van der Waals surface area contributed by atoms with Crippen molar-refractivity contribution in [2.45, 2.75) is 83.0 Å². The van der Waals surface area contributed by atoms with Crippen molar-refractivity contribution >= 4 is 35.6 Å². The molecule has 3 amide bonds. The van der Waals surface area contributed by atoms with Gasteiger partial charge in [0.05, 0.1) is 12.5 Å². The number of nitrogens with zero attached hydrogens (tertiary/aromatic N) is 1. The molecule has 0 rings (SSSR count). The smallest absolute Gasteiger partial charge is 0.326 e. The Morgan fingerprint density at radius 1 is 0.865 bits per heavy atom. The molecule has 0 spiro atoms. The molecule has 5 unspecified atom stereocenters. The second-order valence-corrected chi connectivity index (χ2v) is 8.77. The molecule has 0 aliphatic rings. The average molecular weight is 531 g/mol. The monoisotopic (exact) mass is 530 g/mol. The molecule has 0 aromatic heterocycles. The van der Waals surface area contributed by atoms with Crippen molar-refractivity contribution in [1.29, 1.82) is 0 Å². The van der Waals surface area contributed by atoms with Crippen LogP contribution in [0.2, 0.25) is 0 Å². The zero-order valence-corrected chi connectivity index (χ0v) is 21.4. The van der Waals surface area contributed by atoms with E-state index in [-0.39, 0.29) is 37.7 Å². The summed E-state index contributed by atoms with van der Waals surface area (Å²) >= 11 is 0. The molecule has 0 aliphatic heterocycles. The van der Waals surface area contributed by atoms with Crippen molar-refractivity contribution in [1.82, 2.24) is 16.0 Å². The van der Waals surface area contributed by atoms with Gasteiger partial charge in [0.2, 0.25) is 17.7 Å². The molecular formula is C22H42N8O7. The SMILES string of the molecule is CCC(C)C(NC(=O)C(CCCCN)NC(=O)C(CCCN=C(N)N)NC(=O)C(N)CC(=O)O)C(=O)O. The molecule has 37 heavy (non-hydrogen) atoms. The van der Waals surface area contributed by atoms with Crippen molar-refractivity contribution < 1.29 is 34.2 Å². The summed E-state index contributed by atoms with van der Waals surface area (Å²) in [5, 5.41) is 25.9. The summed E-state index contributed by atoms with van der Waals surface area (Å²) in [6.07, 6.45) is 1.39. The van der Waals surface area contributed by atoms with Gasteiger partial charge in [-0.05, 0) is 44.6 Å². The molecule has 0 bridgehead atoms. The summed E-state index contributed by atoms with van der Waals surface area (Å²) < 4.78 is 0. The van der Waals surface area contributed by atoms with Crippen LogP contribution in [-0.2, 0) is 24.0 Å². The maximum atomic E-state index is 13.1. The number of unbranched alkanes of at least 4 members (excludes halogenated alkanes) is 1. The van der Waals surface area contributed by atoms with E-state index in [1.54, 1.807) is 13.8 Å². The number of rotatable bonds is 19. The standard InChI is InChI=1S/C22H42N8O7/c1-3-12(2)17(21(36)37)30-20(35)14(7-4-5-9-23)29-19(34)15(8-6-10-27-22(25)26)28-18(33)13(24)11-16(31)32/h12-15,17H,3-11,23-24H2,1-2H3,(H,28,33)(H,29,34)(H,30,35)(H,31,32)(H,36,37)(H4,25,26,27). The fourth-order valence-corrected chi connectivity index (χ4v) is 3.30. The molecule has 0 heterocycles. The lowest BCUT2D eigenvalue weighted by molar-refractivity contribution is -0.144. The number of carboxylic acid groups (broad SMARTS) is 2. The molecule has 0 radical (unpaired) electrons. The largest absolute Gasteiger partial charge is 0.481 e. The van der Waals surface area contributed by atoms with Gasteiger partial charge in [-0.25, -0.2) is 4.79 Å². The number of carbonyl (C=O) groups is 5. The Morgan fingerprint density at radius 2 is 1.41 bits per heavy atom. The molecule has 5 atom stereocenters. The van der Waals surface area contributed by atoms with Crippen LogP contribution in [0.1, 0.15) is 58.8 Å². The summed E-state index contributed by atoms with van der Waals surface area (Å²) in [5.74, 6) is -5.29. The van der Waals surface area contributed by atoms with E-state index in [0.717, 1.165) is 0 Å². The van der Waals surface area contributed by atoms with E-state index in [2.05, 4.69) is 20.9 Å². The molecule has 212 valence electrons. The highest BCUT2D eigenvalue weighted by atomic mass is 16.4. The number of carbonyl (C=O) groups excluding carboxylic acids is 3. The topological polar surface area (TPSA) is 278 Å². The van der Waals surface area contributed by atoms with Crippen LogP contribution in [0.25, 0.3) is 0 Å². The highest BCUT2D eigenvalue weighted by Gasteiger charge is 2.31. The number of carboxylic acids is 2. The number of nitrogens with one attached hydrogen (secondary N) is 3. The van der Waals surface area contributed by atoms with E-state index in [0.29, 0.717) is 25.8 Å². The van der Waals surface area contributed by atoms with Gasteiger partial charge in [-0.2, -0.15) is 0 Å². The summed E-state index contributed by atoms with van der Waals surface area (Å²) in [7, 11) is 0. The Morgan fingerprint density at radius 3 is 1.89 bits per heavy atom. The normalized spacial score (nSPS) is 14.8. The Balaban J connectivity index is 5.69. The first-order valence-electron chi connectivity index (χ1n) is 12.2. The first kappa shape index (κ1) is 33.5. The zero-order chi connectivity index (χ0) is 28.5. The van der Waals surface area contributed by atoms with Gasteiger partial charge in [-0.3, -0.25) is 24.2 Å². The minimum atomic E-state index is -1.40. The molecule has 15 nitrogen and oxygen atoms in total. The lowest BCUT2D eigenvalue weighted by Crippen LogP contribution is -2.57. The van der Waals surface area contributed by atoms with Crippen LogP contribution in [0.5, 0.6) is 0 Å². The Kier molecular flexibility index (Phi) is 16.2. The van der Waals surface area contributed by atoms with Gasteiger partial charge in [0, 0.05) is 6.54 Å². The summed E-state index contributed by atoms with van der Waals surface area (Å²) in [5.41, 5.74) is 21.7. The fraction of sp³-hybridized carbons (Fsp3) is 0.727. The number of hydrogen-bond donors (Lipinski definition) is 9. The van der Waals surface area contributed by atoms with Gasteiger partial charge in [0.15, 0.2) is 5.96 Å². The molecule has 0 aromatic rings. The van der Waals surface area contributed by atoms with Crippen LogP contribution in [-0.4, -0.2) is 83.1 Å². The zero-order valence-electron chi connectivity index (χ0n) is 21.4. The van der Waals surface area contributed by atoms with Gasteiger partial charge in [0.25, 0.3) is 0 Å². The van der Waals surface area contributed by atoms with Crippen LogP contribution in [0.3, 0.4) is 0 Å². The number of guanidine groups is 1. The molecular weight excluding hydrogens is 488 g/mol. The van der Waals surface area contributed by atoms with Gasteiger partial charge in [-0.15, -0.1) is 0 Å². The third-order valence-electron chi connectivity index (χ3n) is 5.67. The third kappa shape index (κ3) is 14.0. The van der Waals surface area contributed by atoms with Crippen LogP contribution in [0.4, 0.5) is 0 Å². The van der Waals surface area contributed by atoms with E-state index >= 15 is 0 Å². The van der Waals surface area contributed by atoms with E-state index in [1.165, 1.54) is 0 Å². The Hall–Kier alpha value is -3.46. The number of aliphatic carboxylic acids is 2. The van der Waals surface area contributed by atoms with Crippen LogP contribution in [0.15, 0.2) is 4.99 Å². The Labute approximate surface area is 216 Å². The quantitative estimate of drug-likeness (QED) is 0.0480. The predicted molar refractivity (Wildman–Crippen MR) is 136 cm³/mol. The lowest BCUT2D eigenvalue weighted by atomic mass is 9.98.